The largest absolute Gasteiger partial charge is 0.493 e. The molecule has 0 aliphatic rings. The van der Waals surface area contributed by atoms with Crippen LogP contribution in [0.2, 0.25) is 5.02 Å². The highest BCUT2D eigenvalue weighted by molar-refractivity contribution is 7.15. The molecule has 0 atom stereocenters. The van der Waals surface area contributed by atoms with Gasteiger partial charge in [-0.05, 0) is 60.2 Å². The van der Waals surface area contributed by atoms with E-state index in [-0.39, 0.29) is 11.3 Å². The van der Waals surface area contributed by atoms with Crippen molar-refractivity contribution in [3.63, 3.8) is 0 Å². The Morgan fingerprint density at radius 2 is 1.84 bits per heavy atom. The van der Waals surface area contributed by atoms with Gasteiger partial charge < -0.3 is 9.47 Å². The minimum Gasteiger partial charge on any atom is -0.493 e. The lowest BCUT2D eigenvalue weighted by Crippen LogP contribution is -2.22. The van der Waals surface area contributed by atoms with Gasteiger partial charge in [0.25, 0.3) is 5.56 Å². The average Bonchev–Trinajstić information content (AvgIpc) is 3.31. The number of benzene rings is 3. The zero-order valence-electron chi connectivity index (χ0n) is 16.7. The molecule has 0 saturated heterocycles. The van der Waals surface area contributed by atoms with Crippen LogP contribution < -0.4 is 19.6 Å². The van der Waals surface area contributed by atoms with E-state index in [4.69, 9.17) is 21.1 Å². The van der Waals surface area contributed by atoms with Crippen LogP contribution in [0.5, 0.6) is 11.5 Å². The Hall–Kier alpha value is -3.68. The van der Waals surface area contributed by atoms with Crippen LogP contribution in [-0.2, 0) is 0 Å². The van der Waals surface area contributed by atoms with Crippen molar-refractivity contribution in [2.45, 2.75) is 0 Å². The molecule has 0 aliphatic heterocycles. The third-order valence-corrected chi connectivity index (χ3v) is 6.13. The van der Waals surface area contributed by atoms with Crippen LogP contribution in [0.4, 0.5) is 0 Å². The Morgan fingerprint density at radius 3 is 2.62 bits per heavy atom. The van der Waals surface area contributed by atoms with E-state index in [9.17, 15) is 9.59 Å². The van der Waals surface area contributed by atoms with E-state index in [1.165, 1.54) is 18.4 Å². The number of rotatable bonds is 4. The second kappa shape index (κ2) is 8.11. The van der Waals surface area contributed by atoms with Crippen LogP contribution in [0.25, 0.3) is 22.1 Å². The van der Waals surface area contributed by atoms with Crippen LogP contribution in [0.1, 0.15) is 15.9 Å². The van der Waals surface area contributed by atoms with Crippen molar-refractivity contribution in [2.24, 2.45) is 0 Å². The summed E-state index contributed by atoms with van der Waals surface area (Å²) < 4.78 is 13.0. The maximum Gasteiger partial charge on any atom is 0.343 e. The molecule has 2 heterocycles. The second-order valence-electron chi connectivity index (χ2n) is 6.94. The predicted molar refractivity (Wildman–Crippen MR) is 125 cm³/mol. The summed E-state index contributed by atoms with van der Waals surface area (Å²) in [5, 5.41) is 0.533. The number of esters is 1. The molecule has 0 unspecified atom stereocenters. The van der Waals surface area contributed by atoms with E-state index in [1.807, 2.05) is 24.3 Å². The molecule has 158 valence electrons. The first-order chi connectivity index (χ1) is 15.5. The lowest BCUT2D eigenvalue weighted by molar-refractivity contribution is 0.0729. The lowest BCUT2D eigenvalue weighted by atomic mass is 10.2. The molecule has 0 fully saturated rings. The van der Waals surface area contributed by atoms with Crippen molar-refractivity contribution in [1.82, 2.24) is 9.38 Å². The molecule has 0 radical (unpaired) electrons. The highest BCUT2D eigenvalue weighted by Gasteiger charge is 2.14. The van der Waals surface area contributed by atoms with Gasteiger partial charge >= 0.3 is 5.97 Å². The molecular formula is C24H15ClN2O4S. The van der Waals surface area contributed by atoms with Crippen LogP contribution in [0, 0.1) is 0 Å². The minimum atomic E-state index is -0.523. The Bertz CT molecular complexity index is 1590. The van der Waals surface area contributed by atoms with E-state index in [0.29, 0.717) is 25.8 Å². The number of thiazole rings is 1. The molecule has 5 rings (SSSR count). The van der Waals surface area contributed by atoms with Gasteiger partial charge in [0.15, 0.2) is 16.5 Å². The Balaban J connectivity index is 1.49. The minimum absolute atomic E-state index is 0.129. The number of halogens is 1. The van der Waals surface area contributed by atoms with Crippen molar-refractivity contribution in [1.29, 1.82) is 0 Å². The van der Waals surface area contributed by atoms with Gasteiger partial charge in [-0.1, -0.05) is 41.1 Å². The van der Waals surface area contributed by atoms with Gasteiger partial charge in [-0.3, -0.25) is 4.79 Å². The highest BCUT2D eigenvalue weighted by atomic mass is 35.5. The summed E-state index contributed by atoms with van der Waals surface area (Å²) in [7, 11) is 1.49. The number of carbonyl (C=O) groups excluding carboxylic acids is 1. The third kappa shape index (κ3) is 3.62. The molecule has 3 aromatic carbocycles. The van der Waals surface area contributed by atoms with Gasteiger partial charge in [-0.15, -0.1) is 0 Å². The number of para-hydroxylation sites is 2. The molecule has 0 spiro atoms. The topological polar surface area (TPSA) is 69.9 Å². The fourth-order valence-electron chi connectivity index (χ4n) is 3.37. The maximum atomic E-state index is 12.9. The van der Waals surface area contributed by atoms with E-state index in [2.05, 4.69) is 4.98 Å². The van der Waals surface area contributed by atoms with Crippen LogP contribution in [0.3, 0.4) is 0 Å². The molecule has 0 N–H and O–H groups in total. The van der Waals surface area contributed by atoms with Gasteiger partial charge in [0.1, 0.15) is 0 Å². The number of ether oxygens (including phenoxy) is 2. The van der Waals surface area contributed by atoms with E-state index >= 15 is 0 Å². The summed E-state index contributed by atoms with van der Waals surface area (Å²) in [4.78, 5) is 30.5. The fraction of sp³-hybridized carbons (Fsp3) is 0.0417. The molecular weight excluding hydrogens is 448 g/mol. The number of fused-ring (bicyclic) bond motifs is 3. The predicted octanol–water partition coefficient (Wildman–Crippen LogP) is 4.34. The molecule has 2 aromatic heterocycles. The smallest absolute Gasteiger partial charge is 0.343 e. The summed E-state index contributed by atoms with van der Waals surface area (Å²) in [5.41, 5.74) is 2.55. The molecule has 5 aromatic rings. The summed E-state index contributed by atoms with van der Waals surface area (Å²) in [5.74, 6) is 0.129. The zero-order valence-corrected chi connectivity index (χ0v) is 18.3. The standard InChI is InChI=1S/C24H15ClN2O4S/c1-30-20-12-14(6-11-19(20)31-23(29)15-7-9-16(25)10-8-15)13-21-22(28)27-18-5-3-2-4-17(18)26-24(27)32-21/h2-13H,1H3/b21-13-. The lowest BCUT2D eigenvalue weighted by Gasteiger charge is -2.10. The average molecular weight is 463 g/mol. The first-order valence-corrected chi connectivity index (χ1v) is 10.8. The molecule has 0 saturated carbocycles. The number of carbonyl (C=O) groups is 1. The van der Waals surface area contributed by atoms with Crippen molar-refractivity contribution >= 4 is 51.0 Å². The van der Waals surface area contributed by atoms with Crippen molar-refractivity contribution in [3.05, 3.63) is 97.8 Å². The molecule has 6 nitrogen and oxygen atoms in total. The summed E-state index contributed by atoms with van der Waals surface area (Å²) >= 11 is 7.18. The Labute approximate surface area is 190 Å². The van der Waals surface area contributed by atoms with Crippen LogP contribution in [-0.4, -0.2) is 22.5 Å². The monoisotopic (exact) mass is 462 g/mol. The zero-order chi connectivity index (χ0) is 22.2. The Kier molecular flexibility index (Phi) is 5.13. The first kappa shape index (κ1) is 20.2. The number of hydrogen-bond acceptors (Lipinski definition) is 6. The maximum absolute atomic E-state index is 12.9. The number of nitrogens with zero attached hydrogens (tertiary/aromatic N) is 2. The molecule has 0 amide bonds. The molecule has 0 bridgehead atoms. The normalized spacial score (nSPS) is 11.9. The Morgan fingerprint density at radius 1 is 1.06 bits per heavy atom. The quantitative estimate of drug-likeness (QED) is 0.293. The third-order valence-electron chi connectivity index (χ3n) is 4.91. The summed E-state index contributed by atoms with van der Waals surface area (Å²) in [6, 6.07) is 19.1. The van der Waals surface area contributed by atoms with Gasteiger partial charge in [0, 0.05) is 5.02 Å². The van der Waals surface area contributed by atoms with Gasteiger partial charge in [0.05, 0.1) is 28.2 Å². The molecule has 8 heteroatoms. The van der Waals surface area contributed by atoms with Gasteiger partial charge in [0.2, 0.25) is 0 Å². The first-order valence-electron chi connectivity index (χ1n) is 9.61. The molecule has 0 aliphatic carbocycles. The van der Waals surface area contributed by atoms with Crippen LogP contribution in [0.15, 0.2) is 71.5 Å². The van der Waals surface area contributed by atoms with Gasteiger partial charge in [-0.2, -0.15) is 0 Å². The van der Waals surface area contributed by atoms with E-state index in [1.54, 1.807) is 52.9 Å². The number of imidazole rings is 1. The van der Waals surface area contributed by atoms with E-state index in [0.717, 1.165) is 16.6 Å². The number of methoxy groups -OCH3 is 1. The second-order valence-corrected chi connectivity index (χ2v) is 8.39. The number of aromatic nitrogens is 2. The van der Waals surface area contributed by atoms with Crippen molar-refractivity contribution in [2.75, 3.05) is 7.11 Å². The number of hydrogen-bond donors (Lipinski definition) is 0. The summed E-state index contributed by atoms with van der Waals surface area (Å²) in [6.45, 7) is 0. The van der Waals surface area contributed by atoms with Crippen molar-refractivity contribution in [3.8, 4) is 11.5 Å². The van der Waals surface area contributed by atoms with Crippen molar-refractivity contribution < 1.29 is 14.3 Å². The SMILES string of the molecule is COc1cc(/C=c2\sc3nc4ccccc4n3c2=O)ccc1OC(=O)c1ccc(Cl)cc1. The van der Waals surface area contributed by atoms with E-state index < -0.39 is 5.97 Å². The van der Waals surface area contributed by atoms with Gasteiger partial charge in [-0.25, -0.2) is 14.2 Å². The summed E-state index contributed by atoms with van der Waals surface area (Å²) in [6.07, 6.45) is 1.77. The fourth-order valence-corrected chi connectivity index (χ4v) is 4.48. The highest BCUT2D eigenvalue weighted by Crippen LogP contribution is 2.29. The van der Waals surface area contributed by atoms with Crippen LogP contribution >= 0.6 is 22.9 Å². The molecule has 32 heavy (non-hydrogen) atoms.